The summed E-state index contributed by atoms with van der Waals surface area (Å²) in [6.45, 7) is 5.06. The Labute approximate surface area is 134 Å². The molecular formula is C14H22N4O5. The van der Waals surface area contributed by atoms with Crippen molar-refractivity contribution in [3.8, 4) is 0 Å². The second-order valence-electron chi connectivity index (χ2n) is 5.84. The van der Waals surface area contributed by atoms with Crippen molar-refractivity contribution in [1.82, 2.24) is 14.9 Å². The summed E-state index contributed by atoms with van der Waals surface area (Å²) in [7, 11) is 2.88. The van der Waals surface area contributed by atoms with Gasteiger partial charge in [0.05, 0.1) is 13.5 Å². The third-order valence-electron chi connectivity index (χ3n) is 2.64. The van der Waals surface area contributed by atoms with Gasteiger partial charge >= 0.3 is 12.1 Å². The average molecular weight is 326 g/mol. The number of amides is 2. The van der Waals surface area contributed by atoms with E-state index in [1.165, 1.54) is 13.3 Å². The quantitative estimate of drug-likeness (QED) is 0.775. The molecule has 0 spiro atoms. The minimum atomic E-state index is -1.16. The van der Waals surface area contributed by atoms with Crippen molar-refractivity contribution in [3.63, 3.8) is 0 Å². The van der Waals surface area contributed by atoms with Crippen LogP contribution in [0.4, 0.5) is 10.7 Å². The van der Waals surface area contributed by atoms with Gasteiger partial charge in [-0.05, 0) is 20.8 Å². The molecule has 9 heteroatoms. The number of carbonyl (C=O) groups excluding carboxylic acids is 3. The van der Waals surface area contributed by atoms with Gasteiger partial charge in [0.2, 0.25) is 11.9 Å². The smallest absolute Gasteiger partial charge is 0.408 e. The largest absolute Gasteiger partial charge is 0.467 e. The lowest BCUT2D eigenvalue weighted by Gasteiger charge is -2.22. The Morgan fingerprint density at radius 1 is 1.35 bits per heavy atom. The number of esters is 1. The lowest BCUT2D eigenvalue weighted by Crippen LogP contribution is -2.45. The van der Waals surface area contributed by atoms with Crippen molar-refractivity contribution in [3.05, 3.63) is 12.4 Å². The molecule has 2 N–H and O–H groups in total. The summed E-state index contributed by atoms with van der Waals surface area (Å²) < 4.78 is 11.3. The summed E-state index contributed by atoms with van der Waals surface area (Å²) in [5, 5.41) is 4.86. The first-order valence-corrected chi connectivity index (χ1v) is 6.97. The number of aromatic nitrogens is 2. The number of ether oxygens (including phenoxy) is 2. The number of imidazole rings is 1. The molecule has 0 aliphatic heterocycles. The Morgan fingerprint density at radius 2 is 2.00 bits per heavy atom. The fraction of sp³-hybridized carbons (Fsp3) is 0.571. The maximum atomic E-state index is 12.0. The molecule has 0 radical (unpaired) electrons. The van der Waals surface area contributed by atoms with Crippen LogP contribution >= 0.6 is 0 Å². The first-order valence-electron chi connectivity index (χ1n) is 6.97. The van der Waals surface area contributed by atoms with Crippen molar-refractivity contribution in [2.24, 2.45) is 7.05 Å². The standard InChI is InChI=1S/C14H22N4O5/c1-14(2,3)23-13(21)16-9(11(20)22-5)8-10(19)17-12-15-6-7-18(12)4/h6-7,9H,8H2,1-5H3,(H,16,21)(H,15,17,19)/t9-/m0/s1. The number of aryl methyl sites for hydroxylation is 1. The van der Waals surface area contributed by atoms with Crippen molar-refractivity contribution in [2.75, 3.05) is 12.4 Å². The van der Waals surface area contributed by atoms with Gasteiger partial charge in [0.25, 0.3) is 0 Å². The third-order valence-corrected chi connectivity index (χ3v) is 2.64. The minimum absolute atomic E-state index is 0.307. The van der Waals surface area contributed by atoms with Gasteiger partial charge in [-0.1, -0.05) is 0 Å². The molecule has 1 heterocycles. The zero-order valence-corrected chi connectivity index (χ0v) is 13.9. The van der Waals surface area contributed by atoms with Gasteiger partial charge in [0.15, 0.2) is 0 Å². The molecule has 0 fully saturated rings. The fourth-order valence-corrected chi connectivity index (χ4v) is 1.63. The van der Waals surface area contributed by atoms with Gasteiger partial charge in [-0.25, -0.2) is 14.6 Å². The zero-order valence-electron chi connectivity index (χ0n) is 13.9. The van der Waals surface area contributed by atoms with E-state index in [2.05, 4.69) is 20.4 Å². The van der Waals surface area contributed by atoms with E-state index in [4.69, 9.17) is 4.74 Å². The predicted octanol–water partition coefficient (Wildman–Crippen LogP) is 0.815. The number of nitrogens with one attached hydrogen (secondary N) is 2. The Balaban J connectivity index is 2.67. The van der Waals surface area contributed by atoms with Crippen molar-refractivity contribution in [2.45, 2.75) is 38.8 Å². The lowest BCUT2D eigenvalue weighted by molar-refractivity contribution is -0.144. The van der Waals surface area contributed by atoms with Crippen LogP contribution in [0.15, 0.2) is 12.4 Å². The van der Waals surface area contributed by atoms with E-state index in [1.807, 2.05) is 0 Å². The SMILES string of the molecule is COC(=O)[C@H](CC(=O)Nc1nccn1C)NC(=O)OC(C)(C)C. The molecule has 23 heavy (non-hydrogen) atoms. The zero-order chi connectivity index (χ0) is 17.6. The molecule has 0 unspecified atom stereocenters. The van der Waals surface area contributed by atoms with Gasteiger partial charge < -0.3 is 19.4 Å². The second kappa shape index (κ2) is 7.61. The summed E-state index contributed by atoms with van der Waals surface area (Å²) in [5.41, 5.74) is -0.722. The number of anilines is 1. The molecule has 0 bridgehead atoms. The van der Waals surface area contributed by atoms with Crippen LogP contribution in [0.5, 0.6) is 0 Å². The number of rotatable bonds is 5. The summed E-state index contributed by atoms with van der Waals surface area (Å²) in [6, 6.07) is -1.16. The average Bonchev–Trinajstić information content (AvgIpc) is 2.80. The van der Waals surface area contributed by atoms with E-state index in [-0.39, 0.29) is 6.42 Å². The summed E-state index contributed by atoms with van der Waals surface area (Å²) in [6.07, 6.45) is 2.06. The highest BCUT2D eigenvalue weighted by atomic mass is 16.6. The maximum absolute atomic E-state index is 12.0. The Morgan fingerprint density at radius 3 is 2.48 bits per heavy atom. The number of carbonyl (C=O) groups is 3. The number of hydrogen-bond donors (Lipinski definition) is 2. The fourth-order valence-electron chi connectivity index (χ4n) is 1.63. The highest BCUT2D eigenvalue weighted by molar-refractivity contribution is 5.94. The first-order chi connectivity index (χ1) is 10.6. The number of hydrogen-bond acceptors (Lipinski definition) is 6. The molecule has 1 aromatic rings. The minimum Gasteiger partial charge on any atom is -0.467 e. The Kier molecular flexibility index (Phi) is 6.11. The van der Waals surface area contributed by atoms with Gasteiger partial charge in [-0.15, -0.1) is 0 Å². The van der Waals surface area contributed by atoms with Crippen LogP contribution in [0.1, 0.15) is 27.2 Å². The van der Waals surface area contributed by atoms with Crippen molar-refractivity contribution >= 4 is 23.9 Å². The Hall–Kier alpha value is -2.58. The van der Waals surface area contributed by atoms with Crippen LogP contribution in [-0.4, -0.2) is 46.3 Å². The number of nitrogens with zero attached hydrogens (tertiary/aromatic N) is 2. The summed E-state index contributed by atoms with van der Waals surface area (Å²) >= 11 is 0. The molecule has 0 saturated heterocycles. The van der Waals surface area contributed by atoms with Gasteiger partial charge in [0, 0.05) is 19.4 Å². The van der Waals surface area contributed by atoms with Crippen molar-refractivity contribution < 1.29 is 23.9 Å². The van der Waals surface area contributed by atoms with E-state index in [0.717, 1.165) is 0 Å². The molecule has 2 amide bonds. The topological polar surface area (TPSA) is 112 Å². The molecule has 1 atom stereocenters. The van der Waals surface area contributed by atoms with E-state index in [0.29, 0.717) is 5.95 Å². The van der Waals surface area contributed by atoms with Crippen LogP contribution < -0.4 is 10.6 Å². The molecule has 1 aromatic heterocycles. The molecule has 0 saturated carbocycles. The van der Waals surface area contributed by atoms with E-state index in [1.54, 1.807) is 38.6 Å². The summed E-state index contributed by atoms with van der Waals surface area (Å²) in [4.78, 5) is 39.4. The van der Waals surface area contributed by atoms with E-state index in [9.17, 15) is 14.4 Å². The van der Waals surface area contributed by atoms with Gasteiger partial charge in [-0.2, -0.15) is 0 Å². The molecule has 0 aliphatic carbocycles. The van der Waals surface area contributed by atoms with Crippen LogP contribution in [0.2, 0.25) is 0 Å². The van der Waals surface area contributed by atoms with Crippen LogP contribution in [0.25, 0.3) is 0 Å². The molecular weight excluding hydrogens is 304 g/mol. The van der Waals surface area contributed by atoms with E-state index < -0.39 is 29.6 Å². The molecule has 9 nitrogen and oxygen atoms in total. The normalized spacial score (nSPS) is 12.2. The molecule has 0 aromatic carbocycles. The highest BCUT2D eigenvalue weighted by Crippen LogP contribution is 2.08. The number of methoxy groups -OCH3 is 1. The number of alkyl carbamates (subject to hydrolysis) is 1. The van der Waals surface area contributed by atoms with Crippen LogP contribution in [0, 0.1) is 0 Å². The maximum Gasteiger partial charge on any atom is 0.408 e. The Bertz CT molecular complexity index is 576. The molecule has 128 valence electrons. The van der Waals surface area contributed by atoms with Crippen LogP contribution in [0.3, 0.4) is 0 Å². The predicted molar refractivity (Wildman–Crippen MR) is 81.6 cm³/mol. The second-order valence-corrected chi connectivity index (χ2v) is 5.84. The summed E-state index contributed by atoms with van der Waals surface area (Å²) in [5.74, 6) is -0.910. The highest BCUT2D eigenvalue weighted by Gasteiger charge is 2.27. The molecule has 1 rings (SSSR count). The van der Waals surface area contributed by atoms with Crippen LogP contribution in [-0.2, 0) is 26.1 Å². The monoisotopic (exact) mass is 326 g/mol. The first kappa shape index (κ1) is 18.5. The van der Waals surface area contributed by atoms with Gasteiger partial charge in [-0.3, -0.25) is 10.1 Å². The van der Waals surface area contributed by atoms with E-state index >= 15 is 0 Å². The third kappa shape index (κ3) is 6.37. The van der Waals surface area contributed by atoms with Gasteiger partial charge in [0.1, 0.15) is 11.6 Å². The molecule has 0 aliphatic rings. The lowest BCUT2D eigenvalue weighted by atomic mass is 10.2. The van der Waals surface area contributed by atoms with Crippen molar-refractivity contribution in [1.29, 1.82) is 0 Å².